The van der Waals surface area contributed by atoms with Crippen LogP contribution in [-0.2, 0) is 20.7 Å². The second-order valence-electron chi connectivity index (χ2n) is 7.96. The number of carbonyl (C=O) groups excluding carboxylic acids is 2. The lowest BCUT2D eigenvalue weighted by Crippen LogP contribution is -2.53. The first kappa shape index (κ1) is 16.6. The van der Waals surface area contributed by atoms with Gasteiger partial charge < -0.3 is 10.1 Å². The lowest BCUT2D eigenvalue weighted by Gasteiger charge is -2.50. The summed E-state index contributed by atoms with van der Waals surface area (Å²) >= 11 is 0. The minimum absolute atomic E-state index is 0.0766. The van der Waals surface area contributed by atoms with E-state index in [4.69, 9.17) is 4.74 Å². The van der Waals surface area contributed by atoms with Crippen LogP contribution in [-0.4, -0.2) is 19.0 Å². The summed E-state index contributed by atoms with van der Waals surface area (Å²) < 4.78 is 18.6. The van der Waals surface area contributed by atoms with Crippen LogP contribution in [0.4, 0.5) is 4.39 Å². The molecule has 3 fully saturated rings. The Morgan fingerprint density at radius 3 is 2.40 bits per heavy atom. The highest BCUT2D eigenvalue weighted by molar-refractivity contribution is 5.85. The van der Waals surface area contributed by atoms with Crippen LogP contribution in [0.5, 0.6) is 0 Å². The second kappa shape index (κ2) is 5.82. The van der Waals surface area contributed by atoms with Gasteiger partial charge in [-0.15, -0.1) is 0 Å². The van der Waals surface area contributed by atoms with Crippen molar-refractivity contribution in [3.8, 4) is 0 Å². The average Bonchev–Trinajstić information content (AvgIpc) is 3.04. The van der Waals surface area contributed by atoms with Crippen molar-refractivity contribution >= 4 is 11.9 Å². The highest BCUT2D eigenvalue weighted by atomic mass is 19.1. The highest BCUT2D eigenvalue weighted by Crippen LogP contribution is 2.57. The quantitative estimate of drug-likeness (QED) is 0.854. The van der Waals surface area contributed by atoms with Gasteiger partial charge in [-0.3, -0.25) is 9.59 Å². The van der Waals surface area contributed by atoms with Gasteiger partial charge in [-0.1, -0.05) is 6.07 Å². The standard InChI is InChI=1S/C20H24FNO3/c1-25-18(24)20-9-6-19(7-10-20,8-11-20)17(23)22-16-5-3-13-2-4-14(21)12-15(13)16/h2,4,12,16H,3,5-11H2,1H3,(H,22,23). The van der Waals surface area contributed by atoms with E-state index < -0.39 is 0 Å². The largest absolute Gasteiger partial charge is 0.469 e. The lowest BCUT2D eigenvalue weighted by atomic mass is 9.53. The van der Waals surface area contributed by atoms with E-state index in [1.807, 2.05) is 6.07 Å². The maximum atomic E-state index is 13.6. The van der Waals surface area contributed by atoms with Crippen molar-refractivity contribution in [3.63, 3.8) is 0 Å². The summed E-state index contributed by atoms with van der Waals surface area (Å²) in [4.78, 5) is 25.2. The molecule has 0 saturated heterocycles. The summed E-state index contributed by atoms with van der Waals surface area (Å²) in [6.07, 6.45) is 6.07. The maximum Gasteiger partial charge on any atom is 0.311 e. The Bertz CT molecular complexity index is 705. The van der Waals surface area contributed by atoms with Crippen molar-refractivity contribution in [2.75, 3.05) is 7.11 Å². The third-order valence-corrected chi connectivity index (χ3v) is 6.84. The molecular formula is C20H24FNO3. The monoisotopic (exact) mass is 345 g/mol. The lowest BCUT2D eigenvalue weighted by molar-refractivity contribution is -0.166. The number of hydrogen-bond donors (Lipinski definition) is 1. The van der Waals surface area contributed by atoms with Gasteiger partial charge in [0, 0.05) is 5.41 Å². The number of aryl methyl sites for hydroxylation is 1. The van der Waals surface area contributed by atoms with Gasteiger partial charge in [0.15, 0.2) is 0 Å². The molecule has 1 aromatic carbocycles. The molecule has 25 heavy (non-hydrogen) atoms. The molecule has 1 atom stereocenters. The van der Waals surface area contributed by atoms with Crippen molar-refractivity contribution in [1.82, 2.24) is 5.32 Å². The Kier molecular flexibility index (Phi) is 3.85. The fourth-order valence-corrected chi connectivity index (χ4v) is 5.08. The Morgan fingerprint density at radius 1 is 1.12 bits per heavy atom. The second-order valence-corrected chi connectivity index (χ2v) is 7.96. The molecular weight excluding hydrogens is 321 g/mol. The van der Waals surface area contributed by atoms with Gasteiger partial charge in [-0.2, -0.15) is 0 Å². The minimum atomic E-state index is -0.375. The molecule has 4 nitrogen and oxygen atoms in total. The number of fused-ring (bicyclic) bond motifs is 4. The zero-order valence-corrected chi connectivity index (χ0v) is 14.6. The molecule has 1 unspecified atom stereocenters. The Labute approximate surface area is 147 Å². The first-order valence-electron chi connectivity index (χ1n) is 9.16. The molecule has 0 heterocycles. The van der Waals surface area contributed by atoms with Gasteiger partial charge in [-0.05, 0) is 74.6 Å². The molecule has 134 valence electrons. The number of methoxy groups -OCH3 is 1. The van der Waals surface area contributed by atoms with Crippen molar-refractivity contribution < 1.29 is 18.7 Å². The minimum Gasteiger partial charge on any atom is -0.469 e. The molecule has 1 aromatic rings. The first-order valence-corrected chi connectivity index (χ1v) is 9.16. The van der Waals surface area contributed by atoms with E-state index in [1.165, 1.54) is 13.2 Å². The summed E-state index contributed by atoms with van der Waals surface area (Å²) in [7, 11) is 1.44. The Hall–Kier alpha value is -1.91. The van der Waals surface area contributed by atoms with Crippen molar-refractivity contribution in [1.29, 1.82) is 0 Å². The summed E-state index contributed by atoms with van der Waals surface area (Å²) in [5.41, 5.74) is 1.30. The van der Waals surface area contributed by atoms with Gasteiger partial charge in [0.1, 0.15) is 5.82 Å². The molecule has 0 radical (unpaired) electrons. The van der Waals surface area contributed by atoms with E-state index in [-0.39, 0.29) is 34.6 Å². The van der Waals surface area contributed by atoms with Crippen LogP contribution in [0.25, 0.3) is 0 Å². The zero-order valence-electron chi connectivity index (χ0n) is 14.6. The van der Waals surface area contributed by atoms with E-state index >= 15 is 0 Å². The molecule has 0 aromatic heterocycles. The summed E-state index contributed by atoms with van der Waals surface area (Å²) in [5.74, 6) is -0.301. The number of ether oxygens (including phenoxy) is 1. The molecule has 5 rings (SSSR count). The molecule has 2 bridgehead atoms. The molecule has 3 saturated carbocycles. The van der Waals surface area contributed by atoms with E-state index in [0.29, 0.717) is 0 Å². The van der Waals surface area contributed by atoms with Crippen LogP contribution in [0.15, 0.2) is 18.2 Å². The molecule has 4 aliphatic carbocycles. The molecule has 0 aliphatic heterocycles. The smallest absolute Gasteiger partial charge is 0.311 e. The van der Waals surface area contributed by atoms with Gasteiger partial charge in [-0.25, -0.2) is 4.39 Å². The molecule has 0 spiro atoms. The van der Waals surface area contributed by atoms with Crippen molar-refractivity contribution in [2.45, 2.75) is 57.4 Å². The molecule has 1 amide bonds. The van der Waals surface area contributed by atoms with Gasteiger partial charge in [0.25, 0.3) is 0 Å². The number of hydrogen-bond acceptors (Lipinski definition) is 3. The number of amides is 1. The number of benzene rings is 1. The Morgan fingerprint density at radius 2 is 1.76 bits per heavy atom. The predicted molar refractivity (Wildman–Crippen MR) is 90.2 cm³/mol. The number of rotatable bonds is 3. The fraction of sp³-hybridized carbons (Fsp3) is 0.600. The molecule has 1 N–H and O–H groups in total. The first-order chi connectivity index (χ1) is 12.0. The zero-order chi connectivity index (χ0) is 17.7. The van der Waals surface area contributed by atoms with E-state index in [2.05, 4.69) is 5.32 Å². The van der Waals surface area contributed by atoms with E-state index in [9.17, 15) is 14.0 Å². The van der Waals surface area contributed by atoms with Crippen LogP contribution in [0.2, 0.25) is 0 Å². The number of nitrogens with one attached hydrogen (secondary N) is 1. The summed E-state index contributed by atoms with van der Waals surface area (Å²) in [6.45, 7) is 0. The third-order valence-electron chi connectivity index (χ3n) is 6.84. The Balaban J connectivity index is 1.47. The normalized spacial score (nSPS) is 33.0. The summed E-state index contributed by atoms with van der Waals surface area (Å²) in [5, 5.41) is 3.18. The third kappa shape index (κ3) is 2.55. The van der Waals surface area contributed by atoms with Crippen LogP contribution in [0.3, 0.4) is 0 Å². The summed E-state index contributed by atoms with van der Waals surface area (Å²) in [6, 6.07) is 4.76. The molecule has 4 aliphatic rings. The number of carbonyl (C=O) groups is 2. The maximum absolute atomic E-state index is 13.6. The van der Waals surface area contributed by atoms with Crippen LogP contribution >= 0.6 is 0 Å². The van der Waals surface area contributed by atoms with Crippen molar-refractivity contribution in [3.05, 3.63) is 35.1 Å². The van der Waals surface area contributed by atoms with Gasteiger partial charge in [0.05, 0.1) is 18.6 Å². The van der Waals surface area contributed by atoms with Crippen molar-refractivity contribution in [2.24, 2.45) is 10.8 Å². The fourth-order valence-electron chi connectivity index (χ4n) is 5.08. The van der Waals surface area contributed by atoms with E-state index in [0.717, 1.165) is 62.5 Å². The SMILES string of the molecule is COC(=O)C12CCC(C(=O)NC3CCc4ccc(F)cc43)(CC1)CC2. The van der Waals surface area contributed by atoms with Crippen LogP contribution in [0, 0.1) is 16.6 Å². The number of halogens is 1. The van der Waals surface area contributed by atoms with Gasteiger partial charge in [0.2, 0.25) is 5.91 Å². The van der Waals surface area contributed by atoms with Crippen LogP contribution < -0.4 is 5.32 Å². The highest BCUT2D eigenvalue weighted by Gasteiger charge is 2.56. The molecule has 5 heteroatoms. The van der Waals surface area contributed by atoms with Crippen LogP contribution in [0.1, 0.15) is 62.1 Å². The van der Waals surface area contributed by atoms with E-state index in [1.54, 1.807) is 6.07 Å². The predicted octanol–water partition coefficient (Wildman–Crippen LogP) is 3.44. The average molecular weight is 345 g/mol. The number of esters is 1. The van der Waals surface area contributed by atoms with Gasteiger partial charge >= 0.3 is 5.97 Å². The topological polar surface area (TPSA) is 55.4 Å².